The molecule has 1 aromatic carbocycles. The van der Waals surface area contributed by atoms with Gasteiger partial charge in [0, 0.05) is 5.56 Å². The van der Waals surface area contributed by atoms with Gasteiger partial charge in [-0.25, -0.2) is 9.47 Å². The molecule has 0 spiro atoms. The summed E-state index contributed by atoms with van der Waals surface area (Å²) in [6, 6.07) is 11.2. The first-order chi connectivity index (χ1) is 11.6. The maximum absolute atomic E-state index is 11.4. The fraction of sp³-hybridized carbons (Fsp3) is 0.188. The van der Waals surface area contributed by atoms with Crippen molar-refractivity contribution in [1.82, 2.24) is 14.9 Å². The minimum Gasteiger partial charge on any atom is -0.463 e. The number of hydrogen-bond donors (Lipinski definition) is 1. The van der Waals surface area contributed by atoms with Crippen LogP contribution >= 0.6 is 11.8 Å². The summed E-state index contributed by atoms with van der Waals surface area (Å²) in [7, 11) is 1.31. The lowest BCUT2D eigenvalue weighted by molar-refractivity contribution is 0.0563. The van der Waals surface area contributed by atoms with Gasteiger partial charge in [-0.1, -0.05) is 41.6 Å². The van der Waals surface area contributed by atoms with Crippen LogP contribution in [-0.2, 0) is 10.5 Å². The van der Waals surface area contributed by atoms with Crippen molar-refractivity contribution < 1.29 is 13.9 Å². The third-order valence-electron chi connectivity index (χ3n) is 3.37. The number of nitrogens with zero attached hydrogens (tertiary/aromatic N) is 3. The van der Waals surface area contributed by atoms with E-state index in [4.69, 9.17) is 10.3 Å². The summed E-state index contributed by atoms with van der Waals surface area (Å²) in [5, 5.41) is 8.80. The maximum atomic E-state index is 11.4. The van der Waals surface area contributed by atoms with Crippen molar-refractivity contribution in [3.8, 4) is 11.4 Å². The Bertz CT molecular complexity index is 855. The molecule has 2 N–H and O–H groups in total. The van der Waals surface area contributed by atoms with E-state index in [1.165, 1.54) is 23.5 Å². The lowest BCUT2D eigenvalue weighted by atomic mass is 10.1. The van der Waals surface area contributed by atoms with Crippen molar-refractivity contribution in [1.29, 1.82) is 0 Å². The summed E-state index contributed by atoms with van der Waals surface area (Å²) in [4.78, 5) is 11.4. The van der Waals surface area contributed by atoms with Crippen molar-refractivity contribution in [2.75, 3.05) is 13.0 Å². The van der Waals surface area contributed by atoms with Crippen molar-refractivity contribution in [3.05, 3.63) is 53.5 Å². The number of nitrogen functional groups attached to an aromatic ring is 1. The molecule has 0 aliphatic rings. The van der Waals surface area contributed by atoms with Crippen LogP contribution in [0.15, 0.2) is 46.0 Å². The molecule has 8 heteroatoms. The Labute approximate surface area is 142 Å². The third kappa shape index (κ3) is 3.28. The fourth-order valence-electron chi connectivity index (χ4n) is 2.08. The molecule has 24 heavy (non-hydrogen) atoms. The normalized spacial score (nSPS) is 10.8. The number of aryl methyl sites for hydroxylation is 1. The first-order valence-electron chi connectivity index (χ1n) is 7.16. The van der Waals surface area contributed by atoms with Gasteiger partial charge in [0.2, 0.25) is 10.9 Å². The van der Waals surface area contributed by atoms with Gasteiger partial charge < -0.3 is 15.0 Å². The van der Waals surface area contributed by atoms with Gasteiger partial charge in [-0.2, -0.15) is 0 Å². The third-order valence-corrected chi connectivity index (χ3v) is 4.33. The van der Waals surface area contributed by atoms with E-state index in [-0.39, 0.29) is 5.76 Å². The van der Waals surface area contributed by atoms with Crippen LogP contribution in [0.25, 0.3) is 11.4 Å². The molecule has 2 heterocycles. The minimum absolute atomic E-state index is 0.169. The highest BCUT2D eigenvalue weighted by Gasteiger charge is 2.15. The zero-order chi connectivity index (χ0) is 17.1. The Hall–Kier alpha value is -2.74. The number of ether oxygens (including phenoxy) is 1. The summed E-state index contributed by atoms with van der Waals surface area (Å²) in [6.45, 7) is 2.02. The molecule has 0 amide bonds. The van der Waals surface area contributed by atoms with Gasteiger partial charge in [-0.15, -0.1) is 10.2 Å². The van der Waals surface area contributed by atoms with Gasteiger partial charge in [-0.3, -0.25) is 0 Å². The molecule has 0 unspecified atom stereocenters. The van der Waals surface area contributed by atoms with E-state index < -0.39 is 5.97 Å². The SMILES string of the molecule is COC(=O)c1ccc(CSc2nnc(-c3ccc(C)cc3)n2N)o1. The average Bonchev–Trinajstić information content (AvgIpc) is 3.20. The van der Waals surface area contributed by atoms with Crippen LogP contribution in [0.2, 0.25) is 0 Å². The molecule has 0 saturated heterocycles. The van der Waals surface area contributed by atoms with E-state index >= 15 is 0 Å². The number of benzene rings is 1. The lowest BCUT2D eigenvalue weighted by Gasteiger charge is -2.03. The van der Waals surface area contributed by atoms with Crippen LogP contribution in [0, 0.1) is 6.92 Å². The number of hydrogen-bond acceptors (Lipinski definition) is 7. The number of esters is 1. The standard InChI is InChI=1S/C16H16N4O3S/c1-10-3-5-11(6-4-10)14-18-19-16(20(14)17)24-9-12-7-8-13(23-12)15(21)22-2/h3-8H,9,17H2,1-2H3. The maximum Gasteiger partial charge on any atom is 0.373 e. The Morgan fingerprint density at radius 3 is 2.71 bits per heavy atom. The molecule has 2 aromatic heterocycles. The molecule has 0 aliphatic heterocycles. The number of rotatable bonds is 5. The van der Waals surface area contributed by atoms with E-state index in [2.05, 4.69) is 14.9 Å². The predicted octanol–water partition coefficient (Wildman–Crippen LogP) is 2.64. The van der Waals surface area contributed by atoms with Crippen molar-refractivity contribution >= 4 is 17.7 Å². The highest BCUT2D eigenvalue weighted by molar-refractivity contribution is 7.98. The van der Waals surface area contributed by atoms with Crippen LogP contribution in [-0.4, -0.2) is 28.0 Å². The number of methoxy groups -OCH3 is 1. The lowest BCUT2D eigenvalue weighted by Crippen LogP contribution is -2.11. The molecular formula is C16H16N4O3S. The number of carbonyl (C=O) groups excluding carboxylic acids is 1. The quantitative estimate of drug-likeness (QED) is 0.432. The van der Waals surface area contributed by atoms with E-state index in [9.17, 15) is 4.79 Å². The van der Waals surface area contributed by atoms with E-state index in [0.717, 1.165) is 11.1 Å². The molecule has 3 aromatic rings. The molecule has 7 nitrogen and oxygen atoms in total. The monoisotopic (exact) mass is 344 g/mol. The summed E-state index contributed by atoms with van der Waals surface area (Å²) in [5.41, 5.74) is 2.06. The Balaban J connectivity index is 1.71. The van der Waals surface area contributed by atoms with Crippen LogP contribution < -0.4 is 5.84 Å². The minimum atomic E-state index is -0.505. The van der Waals surface area contributed by atoms with Crippen LogP contribution in [0.4, 0.5) is 0 Å². The van der Waals surface area contributed by atoms with Gasteiger partial charge in [0.05, 0.1) is 12.9 Å². The van der Waals surface area contributed by atoms with Crippen molar-refractivity contribution in [2.24, 2.45) is 0 Å². The fourth-order valence-corrected chi connectivity index (χ4v) is 2.83. The van der Waals surface area contributed by atoms with Crippen molar-refractivity contribution in [2.45, 2.75) is 17.8 Å². The highest BCUT2D eigenvalue weighted by Crippen LogP contribution is 2.25. The molecular weight excluding hydrogens is 328 g/mol. The molecule has 0 bridgehead atoms. The largest absolute Gasteiger partial charge is 0.463 e. The topological polar surface area (TPSA) is 96.2 Å². The van der Waals surface area contributed by atoms with E-state index in [1.807, 2.05) is 31.2 Å². The molecule has 3 rings (SSSR count). The average molecular weight is 344 g/mol. The first kappa shape index (κ1) is 16.1. The second-order valence-electron chi connectivity index (χ2n) is 5.09. The van der Waals surface area contributed by atoms with Crippen LogP contribution in [0.1, 0.15) is 21.9 Å². The Kier molecular flexibility index (Phi) is 4.57. The zero-order valence-corrected chi connectivity index (χ0v) is 14.0. The van der Waals surface area contributed by atoms with Gasteiger partial charge in [-0.05, 0) is 19.1 Å². The number of aromatic nitrogens is 3. The molecule has 0 radical (unpaired) electrons. The Morgan fingerprint density at radius 2 is 2.00 bits per heavy atom. The summed E-state index contributed by atoms with van der Waals surface area (Å²) >= 11 is 1.37. The molecule has 0 saturated carbocycles. The van der Waals surface area contributed by atoms with Gasteiger partial charge in [0.25, 0.3) is 0 Å². The van der Waals surface area contributed by atoms with Crippen LogP contribution in [0.5, 0.6) is 0 Å². The van der Waals surface area contributed by atoms with Gasteiger partial charge in [0.15, 0.2) is 5.82 Å². The number of thioether (sulfide) groups is 1. The van der Waals surface area contributed by atoms with E-state index in [0.29, 0.717) is 22.5 Å². The smallest absolute Gasteiger partial charge is 0.373 e. The summed E-state index contributed by atoms with van der Waals surface area (Å²) < 4.78 is 11.5. The summed E-state index contributed by atoms with van der Waals surface area (Å²) in [6.07, 6.45) is 0. The second-order valence-corrected chi connectivity index (χ2v) is 6.03. The number of furan rings is 1. The first-order valence-corrected chi connectivity index (χ1v) is 8.14. The van der Waals surface area contributed by atoms with E-state index in [1.54, 1.807) is 12.1 Å². The molecule has 0 aliphatic carbocycles. The zero-order valence-electron chi connectivity index (χ0n) is 13.2. The number of carbonyl (C=O) groups is 1. The molecule has 0 fully saturated rings. The highest BCUT2D eigenvalue weighted by atomic mass is 32.2. The van der Waals surface area contributed by atoms with Gasteiger partial charge >= 0.3 is 5.97 Å². The predicted molar refractivity (Wildman–Crippen MR) is 90.0 cm³/mol. The van der Waals surface area contributed by atoms with Gasteiger partial charge in [0.1, 0.15) is 5.76 Å². The van der Waals surface area contributed by atoms with Crippen molar-refractivity contribution in [3.63, 3.8) is 0 Å². The second kappa shape index (κ2) is 6.79. The van der Waals surface area contributed by atoms with Crippen LogP contribution in [0.3, 0.4) is 0 Å². The number of nitrogens with two attached hydrogens (primary N) is 1. The molecule has 124 valence electrons. The summed E-state index contributed by atoms with van der Waals surface area (Å²) in [5.74, 6) is 7.43. The Morgan fingerprint density at radius 1 is 1.25 bits per heavy atom. The molecule has 0 atom stereocenters.